The van der Waals surface area contributed by atoms with Gasteiger partial charge in [-0.3, -0.25) is 0 Å². The first-order valence-electron chi connectivity index (χ1n) is 7.69. The number of hydrogen-bond donors (Lipinski definition) is 2. The van der Waals surface area contributed by atoms with Crippen molar-refractivity contribution in [2.24, 2.45) is 0 Å². The molecule has 118 valence electrons. The first-order valence-corrected chi connectivity index (χ1v) is 7.69. The lowest BCUT2D eigenvalue weighted by Gasteiger charge is -2.40. The summed E-state index contributed by atoms with van der Waals surface area (Å²) in [6.07, 6.45) is 4.01. The van der Waals surface area contributed by atoms with Gasteiger partial charge in [0.15, 0.2) is 0 Å². The summed E-state index contributed by atoms with van der Waals surface area (Å²) in [4.78, 5) is 11.0. The van der Waals surface area contributed by atoms with Crippen LogP contribution in [-0.4, -0.2) is 29.3 Å². The van der Waals surface area contributed by atoms with Gasteiger partial charge in [0.1, 0.15) is 17.1 Å². The minimum Gasteiger partial charge on any atom is -0.478 e. The van der Waals surface area contributed by atoms with E-state index in [9.17, 15) is 4.79 Å². The van der Waals surface area contributed by atoms with E-state index in [0.717, 1.165) is 32.3 Å². The van der Waals surface area contributed by atoms with Crippen LogP contribution in [0.2, 0.25) is 0 Å². The number of rotatable bonds is 6. The number of aryl methyl sites for hydroxylation is 1. The lowest BCUT2D eigenvalue weighted by molar-refractivity contribution is -0.0933. The molecule has 2 heterocycles. The fourth-order valence-corrected chi connectivity index (χ4v) is 3.03. The van der Waals surface area contributed by atoms with Crippen LogP contribution in [0.25, 0.3) is 0 Å². The number of ether oxygens (including phenoxy) is 1. The van der Waals surface area contributed by atoms with E-state index in [1.165, 1.54) is 0 Å². The molecule has 0 spiro atoms. The predicted molar refractivity (Wildman–Crippen MR) is 79.5 cm³/mol. The van der Waals surface area contributed by atoms with Gasteiger partial charge in [0, 0.05) is 12.6 Å². The number of carboxylic acids is 1. The van der Waals surface area contributed by atoms with E-state index < -0.39 is 5.97 Å². The third-order valence-electron chi connectivity index (χ3n) is 4.55. The molecule has 1 unspecified atom stereocenters. The molecule has 1 atom stereocenters. The fourth-order valence-electron chi connectivity index (χ4n) is 3.03. The summed E-state index contributed by atoms with van der Waals surface area (Å²) in [6.45, 7) is 7.35. The Morgan fingerprint density at radius 1 is 1.48 bits per heavy atom. The molecule has 0 amide bonds. The topological polar surface area (TPSA) is 71.7 Å². The van der Waals surface area contributed by atoms with Gasteiger partial charge in [-0.2, -0.15) is 0 Å². The van der Waals surface area contributed by atoms with Gasteiger partial charge >= 0.3 is 5.97 Å². The molecule has 0 aromatic carbocycles. The Bertz CT molecular complexity index is 490. The molecule has 0 bridgehead atoms. The van der Waals surface area contributed by atoms with E-state index in [0.29, 0.717) is 24.1 Å². The van der Waals surface area contributed by atoms with Crippen molar-refractivity contribution in [2.75, 3.05) is 6.61 Å². The SMILES string of the molecule is CCC1(CC)CC(NCc2cc(C(=O)O)c(C)o2)CCO1. The van der Waals surface area contributed by atoms with Gasteiger partial charge in [0.25, 0.3) is 0 Å². The van der Waals surface area contributed by atoms with Gasteiger partial charge in [0.05, 0.1) is 12.1 Å². The molecule has 2 N–H and O–H groups in total. The molecule has 21 heavy (non-hydrogen) atoms. The van der Waals surface area contributed by atoms with Crippen molar-refractivity contribution in [1.82, 2.24) is 5.32 Å². The summed E-state index contributed by atoms with van der Waals surface area (Å²) in [6, 6.07) is 1.99. The maximum Gasteiger partial charge on any atom is 0.339 e. The van der Waals surface area contributed by atoms with Gasteiger partial charge in [0.2, 0.25) is 0 Å². The zero-order chi connectivity index (χ0) is 15.5. The maximum absolute atomic E-state index is 11.0. The van der Waals surface area contributed by atoms with E-state index in [4.69, 9.17) is 14.3 Å². The molecule has 0 aliphatic carbocycles. The highest BCUT2D eigenvalue weighted by Crippen LogP contribution is 2.31. The molecule has 1 fully saturated rings. The lowest BCUT2D eigenvalue weighted by Crippen LogP contribution is -2.46. The Balaban J connectivity index is 1.94. The van der Waals surface area contributed by atoms with Crippen LogP contribution < -0.4 is 5.32 Å². The molecule has 0 radical (unpaired) electrons. The van der Waals surface area contributed by atoms with Crippen molar-refractivity contribution in [2.45, 2.75) is 64.6 Å². The van der Waals surface area contributed by atoms with Crippen LogP contribution in [0.5, 0.6) is 0 Å². The molecular weight excluding hydrogens is 270 g/mol. The Morgan fingerprint density at radius 2 is 2.19 bits per heavy atom. The van der Waals surface area contributed by atoms with Gasteiger partial charge in [-0.1, -0.05) is 13.8 Å². The molecule has 1 aliphatic rings. The number of carboxylic acid groups (broad SMARTS) is 1. The third kappa shape index (κ3) is 3.66. The van der Waals surface area contributed by atoms with Crippen molar-refractivity contribution in [1.29, 1.82) is 0 Å². The molecule has 1 aromatic heterocycles. The highest BCUT2D eigenvalue weighted by molar-refractivity contribution is 5.88. The highest BCUT2D eigenvalue weighted by Gasteiger charge is 2.34. The minimum atomic E-state index is -0.940. The van der Waals surface area contributed by atoms with E-state index in [2.05, 4.69) is 19.2 Å². The zero-order valence-electron chi connectivity index (χ0n) is 13.1. The number of furan rings is 1. The lowest BCUT2D eigenvalue weighted by atomic mass is 9.86. The Hall–Kier alpha value is -1.33. The summed E-state index contributed by atoms with van der Waals surface area (Å²) in [5, 5.41) is 12.5. The number of nitrogens with one attached hydrogen (secondary N) is 1. The second-order valence-corrected chi connectivity index (χ2v) is 5.80. The minimum absolute atomic E-state index is 0.0127. The van der Waals surface area contributed by atoms with Crippen molar-refractivity contribution >= 4 is 5.97 Å². The normalized spacial score (nSPS) is 21.4. The number of carbonyl (C=O) groups is 1. The summed E-state index contributed by atoms with van der Waals surface area (Å²) >= 11 is 0. The molecule has 1 aromatic rings. The van der Waals surface area contributed by atoms with E-state index in [1.54, 1.807) is 13.0 Å². The molecule has 5 nitrogen and oxygen atoms in total. The summed E-state index contributed by atoms with van der Waals surface area (Å²) in [5.41, 5.74) is 0.233. The largest absolute Gasteiger partial charge is 0.478 e. The maximum atomic E-state index is 11.0. The molecule has 1 aliphatic heterocycles. The number of aromatic carboxylic acids is 1. The average Bonchev–Trinajstić information content (AvgIpc) is 2.86. The van der Waals surface area contributed by atoms with Crippen LogP contribution in [-0.2, 0) is 11.3 Å². The van der Waals surface area contributed by atoms with Crippen molar-refractivity contribution in [3.63, 3.8) is 0 Å². The second-order valence-electron chi connectivity index (χ2n) is 5.80. The van der Waals surface area contributed by atoms with Crippen LogP contribution in [0.1, 0.15) is 61.4 Å². The quantitative estimate of drug-likeness (QED) is 0.843. The zero-order valence-corrected chi connectivity index (χ0v) is 13.1. The first kappa shape index (κ1) is 16.0. The third-order valence-corrected chi connectivity index (χ3v) is 4.55. The van der Waals surface area contributed by atoms with E-state index in [1.807, 2.05) is 0 Å². The highest BCUT2D eigenvalue weighted by atomic mass is 16.5. The summed E-state index contributed by atoms with van der Waals surface area (Å²) in [5.74, 6) is 0.197. The first-order chi connectivity index (χ1) is 9.99. The van der Waals surface area contributed by atoms with Gasteiger partial charge in [-0.15, -0.1) is 0 Å². The van der Waals surface area contributed by atoms with Crippen LogP contribution in [0.3, 0.4) is 0 Å². The molecule has 1 saturated heterocycles. The summed E-state index contributed by atoms with van der Waals surface area (Å²) < 4.78 is 11.5. The van der Waals surface area contributed by atoms with Gasteiger partial charge in [-0.05, 0) is 38.7 Å². The van der Waals surface area contributed by atoms with Crippen LogP contribution in [0.4, 0.5) is 0 Å². The van der Waals surface area contributed by atoms with Crippen molar-refractivity contribution in [3.05, 3.63) is 23.2 Å². The monoisotopic (exact) mass is 295 g/mol. The molecule has 2 rings (SSSR count). The molecule has 0 saturated carbocycles. The molecule has 5 heteroatoms. The van der Waals surface area contributed by atoms with Crippen LogP contribution >= 0.6 is 0 Å². The Morgan fingerprint density at radius 3 is 2.76 bits per heavy atom. The average molecular weight is 295 g/mol. The van der Waals surface area contributed by atoms with E-state index in [-0.39, 0.29) is 11.2 Å². The Kier molecular flexibility index (Phi) is 5.06. The number of hydrogen-bond acceptors (Lipinski definition) is 4. The van der Waals surface area contributed by atoms with E-state index >= 15 is 0 Å². The summed E-state index contributed by atoms with van der Waals surface area (Å²) in [7, 11) is 0. The van der Waals surface area contributed by atoms with Crippen LogP contribution in [0, 0.1) is 6.92 Å². The smallest absolute Gasteiger partial charge is 0.339 e. The van der Waals surface area contributed by atoms with Gasteiger partial charge in [-0.25, -0.2) is 4.79 Å². The van der Waals surface area contributed by atoms with Crippen molar-refractivity contribution < 1.29 is 19.1 Å². The standard InChI is InChI=1S/C16H25NO4/c1-4-16(5-2)9-12(6-7-20-16)17-10-13-8-14(15(18)19)11(3)21-13/h8,12,17H,4-7,9-10H2,1-3H3,(H,18,19). The Labute approximate surface area is 125 Å². The molecular formula is C16H25NO4. The van der Waals surface area contributed by atoms with Crippen LogP contribution in [0.15, 0.2) is 10.5 Å². The fraction of sp³-hybridized carbons (Fsp3) is 0.688. The van der Waals surface area contributed by atoms with Crippen molar-refractivity contribution in [3.8, 4) is 0 Å². The second kappa shape index (κ2) is 6.62. The van der Waals surface area contributed by atoms with Gasteiger partial charge < -0.3 is 19.6 Å². The predicted octanol–water partition coefficient (Wildman–Crippen LogP) is 3.11.